The van der Waals surface area contributed by atoms with Crippen LogP contribution in [0.3, 0.4) is 0 Å². The summed E-state index contributed by atoms with van der Waals surface area (Å²) in [5.74, 6) is 0. The molecule has 2 heteroatoms. The van der Waals surface area contributed by atoms with Gasteiger partial charge in [0.1, 0.15) is 11.2 Å². The van der Waals surface area contributed by atoms with E-state index in [4.69, 9.17) is 4.42 Å². The molecule has 0 bridgehead atoms. The van der Waals surface area contributed by atoms with Crippen molar-refractivity contribution in [3.05, 3.63) is 200 Å². The van der Waals surface area contributed by atoms with Gasteiger partial charge in [-0.3, -0.25) is 0 Å². The lowest BCUT2D eigenvalue weighted by atomic mass is 9.94. The number of anilines is 3. The summed E-state index contributed by atoms with van der Waals surface area (Å²) in [6.45, 7) is 0. The van der Waals surface area contributed by atoms with Crippen molar-refractivity contribution in [3.8, 4) is 33.4 Å². The largest absolute Gasteiger partial charge is 0.455 e. The van der Waals surface area contributed by atoms with Crippen LogP contribution < -0.4 is 4.90 Å². The summed E-state index contributed by atoms with van der Waals surface area (Å²) in [5.41, 5.74) is 12.2. The molecule has 0 aliphatic carbocycles. The third-order valence-corrected chi connectivity index (χ3v) is 10.2. The van der Waals surface area contributed by atoms with Gasteiger partial charge in [0.15, 0.2) is 0 Å². The molecule has 1 aromatic heterocycles. The summed E-state index contributed by atoms with van der Waals surface area (Å²) in [6.07, 6.45) is 0. The number of nitrogens with zero attached hydrogens (tertiary/aromatic N) is 1. The fourth-order valence-corrected chi connectivity index (χ4v) is 7.69. The third kappa shape index (κ3) is 5.12. The van der Waals surface area contributed by atoms with Gasteiger partial charge in [-0.1, -0.05) is 158 Å². The Labute approximate surface area is 302 Å². The minimum atomic E-state index is 0.922. The molecule has 0 radical (unpaired) electrons. The molecule has 0 atom stereocenters. The van der Waals surface area contributed by atoms with Crippen LogP contribution >= 0.6 is 0 Å². The maximum absolute atomic E-state index is 6.75. The van der Waals surface area contributed by atoms with Crippen LogP contribution in [0.1, 0.15) is 0 Å². The number of hydrogen-bond donors (Lipinski definition) is 0. The van der Waals surface area contributed by atoms with E-state index in [1.807, 2.05) is 0 Å². The molecule has 2 nitrogen and oxygen atoms in total. The van der Waals surface area contributed by atoms with Crippen LogP contribution in [0, 0.1) is 0 Å². The zero-order valence-corrected chi connectivity index (χ0v) is 28.4. The molecule has 52 heavy (non-hydrogen) atoms. The number of furan rings is 1. The van der Waals surface area contributed by atoms with Gasteiger partial charge < -0.3 is 9.32 Å². The van der Waals surface area contributed by atoms with E-state index in [1.165, 1.54) is 32.8 Å². The van der Waals surface area contributed by atoms with Gasteiger partial charge in [0, 0.05) is 38.8 Å². The molecule has 0 amide bonds. The Balaban J connectivity index is 1.10. The highest BCUT2D eigenvalue weighted by Crippen LogP contribution is 2.43. The highest BCUT2D eigenvalue weighted by molar-refractivity contribution is 6.20. The Morgan fingerprint density at radius 2 is 0.808 bits per heavy atom. The molecule has 0 N–H and O–H groups in total. The summed E-state index contributed by atoms with van der Waals surface area (Å²) < 4.78 is 6.75. The van der Waals surface area contributed by atoms with E-state index in [0.717, 1.165) is 61.1 Å². The Morgan fingerprint density at radius 3 is 1.54 bits per heavy atom. The lowest BCUT2D eigenvalue weighted by Gasteiger charge is -2.26. The Bertz CT molecular complexity index is 2870. The number of fused-ring (bicyclic) bond motifs is 6. The van der Waals surface area contributed by atoms with E-state index in [9.17, 15) is 0 Å². The second kappa shape index (κ2) is 12.5. The van der Waals surface area contributed by atoms with Crippen molar-refractivity contribution in [2.45, 2.75) is 0 Å². The summed E-state index contributed by atoms with van der Waals surface area (Å²) in [7, 11) is 0. The van der Waals surface area contributed by atoms with E-state index in [-0.39, 0.29) is 0 Å². The van der Waals surface area contributed by atoms with Crippen LogP contribution in [0.2, 0.25) is 0 Å². The molecule has 9 aromatic carbocycles. The van der Waals surface area contributed by atoms with Gasteiger partial charge in [-0.25, -0.2) is 0 Å². The van der Waals surface area contributed by atoms with Crippen LogP contribution in [0.4, 0.5) is 17.1 Å². The average molecular weight is 664 g/mol. The molecular weight excluding hydrogens is 631 g/mol. The number of rotatable bonds is 6. The molecule has 0 aliphatic heterocycles. The van der Waals surface area contributed by atoms with Gasteiger partial charge in [-0.2, -0.15) is 0 Å². The first kappa shape index (κ1) is 30.0. The quantitative estimate of drug-likeness (QED) is 0.176. The standard InChI is InChI=1S/C50H33NO/c1-3-12-34(13-4-1)36-22-27-40(28-23-36)51(42-31-24-35-14-7-8-17-39(35)32-42)41-29-25-38(26-30-41)47-33-48-46-21-11-20-43(37-15-5-2-6-16-37)49(46)52-50(48)45-19-10-9-18-44(45)47/h1-33H. The van der Waals surface area contributed by atoms with Crippen molar-refractivity contribution in [3.63, 3.8) is 0 Å². The Kier molecular flexibility index (Phi) is 7.18. The molecule has 0 spiro atoms. The summed E-state index contributed by atoms with van der Waals surface area (Å²) in [6, 6.07) is 71.6. The lowest BCUT2D eigenvalue weighted by Crippen LogP contribution is -2.09. The predicted octanol–water partition coefficient (Wildman–Crippen LogP) is 14.4. The molecule has 0 saturated carbocycles. The number of hydrogen-bond acceptors (Lipinski definition) is 2. The first-order valence-corrected chi connectivity index (χ1v) is 17.8. The predicted molar refractivity (Wildman–Crippen MR) is 220 cm³/mol. The topological polar surface area (TPSA) is 16.4 Å². The summed E-state index contributed by atoms with van der Waals surface area (Å²) >= 11 is 0. The van der Waals surface area contributed by atoms with Gasteiger partial charge in [0.05, 0.1) is 0 Å². The van der Waals surface area contributed by atoms with E-state index in [0.29, 0.717) is 0 Å². The second-order valence-corrected chi connectivity index (χ2v) is 13.3. The monoisotopic (exact) mass is 663 g/mol. The second-order valence-electron chi connectivity index (χ2n) is 13.3. The van der Waals surface area contributed by atoms with Crippen molar-refractivity contribution >= 4 is 60.5 Å². The summed E-state index contributed by atoms with van der Waals surface area (Å²) in [4.78, 5) is 2.35. The van der Waals surface area contributed by atoms with Crippen LogP contribution in [-0.2, 0) is 0 Å². The SMILES string of the molecule is c1ccc(-c2ccc(N(c3ccc(-c4cc5c6cccc(-c7ccccc7)c6oc5c5ccccc45)cc3)c3ccc4ccccc4c3)cc2)cc1. The Hall–Kier alpha value is -6.90. The van der Waals surface area contributed by atoms with Crippen molar-refractivity contribution in [1.29, 1.82) is 0 Å². The minimum absolute atomic E-state index is 0.922. The average Bonchev–Trinajstić information content (AvgIpc) is 3.61. The fraction of sp³-hybridized carbons (Fsp3) is 0. The van der Waals surface area contributed by atoms with Gasteiger partial charge in [0.2, 0.25) is 0 Å². The van der Waals surface area contributed by atoms with E-state index in [1.54, 1.807) is 0 Å². The molecule has 0 unspecified atom stereocenters. The van der Waals surface area contributed by atoms with E-state index >= 15 is 0 Å². The van der Waals surface area contributed by atoms with E-state index < -0.39 is 0 Å². The first-order chi connectivity index (χ1) is 25.8. The van der Waals surface area contributed by atoms with Crippen LogP contribution in [0.25, 0.3) is 76.9 Å². The molecule has 244 valence electrons. The molecule has 1 heterocycles. The normalized spacial score (nSPS) is 11.5. The highest BCUT2D eigenvalue weighted by atomic mass is 16.3. The van der Waals surface area contributed by atoms with Gasteiger partial charge in [0.25, 0.3) is 0 Å². The zero-order valence-electron chi connectivity index (χ0n) is 28.4. The third-order valence-electron chi connectivity index (χ3n) is 10.2. The van der Waals surface area contributed by atoms with Crippen molar-refractivity contribution < 1.29 is 4.42 Å². The van der Waals surface area contributed by atoms with E-state index in [2.05, 4.69) is 205 Å². The molecule has 0 aliphatic rings. The maximum Gasteiger partial charge on any atom is 0.143 e. The zero-order chi connectivity index (χ0) is 34.4. The first-order valence-electron chi connectivity index (χ1n) is 17.8. The molecule has 10 aromatic rings. The van der Waals surface area contributed by atoms with Gasteiger partial charge >= 0.3 is 0 Å². The Morgan fingerprint density at radius 1 is 0.288 bits per heavy atom. The lowest BCUT2D eigenvalue weighted by molar-refractivity contribution is 0.674. The van der Waals surface area contributed by atoms with Crippen LogP contribution in [-0.4, -0.2) is 0 Å². The highest BCUT2D eigenvalue weighted by Gasteiger charge is 2.18. The van der Waals surface area contributed by atoms with Crippen LogP contribution in [0.5, 0.6) is 0 Å². The molecule has 10 rings (SSSR count). The maximum atomic E-state index is 6.75. The van der Waals surface area contributed by atoms with Crippen LogP contribution in [0.15, 0.2) is 205 Å². The molecular formula is C50H33NO. The number of benzene rings is 9. The van der Waals surface area contributed by atoms with Crippen molar-refractivity contribution in [1.82, 2.24) is 0 Å². The molecule has 0 fully saturated rings. The summed E-state index contributed by atoms with van der Waals surface area (Å²) in [5, 5.41) is 6.98. The van der Waals surface area contributed by atoms with Gasteiger partial charge in [-0.15, -0.1) is 0 Å². The van der Waals surface area contributed by atoms with Crippen molar-refractivity contribution in [2.24, 2.45) is 0 Å². The van der Waals surface area contributed by atoms with Crippen molar-refractivity contribution in [2.75, 3.05) is 4.90 Å². The fourth-order valence-electron chi connectivity index (χ4n) is 7.69. The smallest absolute Gasteiger partial charge is 0.143 e. The molecule has 0 saturated heterocycles. The minimum Gasteiger partial charge on any atom is -0.455 e. The van der Waals surface area contributed by atoms with Gasteiger partial charge in [-0.05, 0) is 86.4 Å². The number of para-hydroxylation sites is 1.